The summed E-state index contributed by atoms with van der Waals surface area (Å²) in [6.45, 7) is 9.33. The number of nitrogens with two attached hydrogens (primary N) is 1. The summed E-state index contributed by atoms with van der Waals surface area (Å²) in [5, 5.41) is 3.47. The first-order chi connectivity index (χ1) is 12.7. The zero-order chi connectivity index (χ0) is 19.0. The largest absolute Gasteiger partial charge is 0.462 e. The van der Waals surface area contributed by atoms with E-state index in [2.05, 4.69) is 36.3 Å². The Morgan fingerprint density at radius 1 is 1.23 bits per heavy atom. The number of ether oxygens (including phenoxy) is 1. The Balaban J connectivity index is 2.58. The molecule has 0 heterocycles. The van der Waals surface area contributed by atoms with Crippen LogP contribution in [0.1, 0.15) is 52.0 Å². The second-order valence-corrected chi connectivity index (χ2v) is 6.35. The summed E-state index contributed by atoms with van der Waals surface area (Å²) in [6.07, 6.45) is 10.5. The summed E-state index contributed by atoms with van der Waals surface area (Å²) in [6, 6.07) is 8.11. The first kappa shape index (κ1) is 22.1. The number of rotatable bonds is 13. The van der Waals surface area contributed by atoms with Crippen LogP contribution in [0, 0.1) is 0 Å². The number of aliphatic imine (C=N–C) groups is 1. The fourth-order valence-corrected chi connectivity index (χ4v) is 2.37. The van der Waals surface area contributed by atoms with Crippen molar-refractivity contribution in [2.45, 2.75) is 53.0 Å². The van der Waals surface area contributed by atoms with E-state index in [9.17, 15) is 0 Å². The van der Waals surface area contributed by atoms with E-state index in [0.717, 1.165) is 62.4 Å². The van der Waals surface area contributed by atoms with Crippen LogP contribution in [0.25, 0.3) is 0 Å². The summed E-state index contributed by atoms with van der Waals surface area (Å²) in [7, 11) is 0. The van der Waals surface area contributed by atoms with Crippen molar-refractivity contribution in [2.24, 2.45) is 10.7 Å². The van der Waals surface area contributed by atoms with Gasteiger partial charge in [-0.05, 0) is 37.5 Å². The quantitative estimate of drug-likeness (QED) is 0.234. The highest BCUT2D eigenvalue weighted by Gasteiger charge is 2.04. The highest BCUT2D eigenvalue weighted by Crippen LogP contribution is 2.20. The van der Waals surface area contributed by atoms with Gasteiger partial charge < -0.3 is 15.8 Å². The maximum Gasteiger partial charge on any atom is 0.131 e. The highest BCUT2D eigenvalue weighted by molar-refractivity contribution is 5.71. The highest BCUT2D eigenvalue weighted by atomic mass is 16.5. The molecular formula is C22H35N3O. The minimum Gasteiger partial charge on any atom is -0.462 e. The Hall–Kier alpha value is -1.91. The average molecular weight is 358 g/mol. The van der Waals surface area contributed by atoms with E-state index in [1.165, 1.54) is 5.57 Å². The molecule has 0 fully saturated rings. The third kappa shape index (κ3) is 9.54. The van der Waals surface area contributed by atoms with Gasteiger partial charge in [-0.3, -0.25) is 4.99 Å². The zero-order valence-electron chi connectivity index (χ0n) is 16.6. The number of benzene rings is 1. The number of nitrogens with one attached hydrogen (secondary N) is 1. The third-order valence-corrected chi connectivity index (χ3v) is 3.95. The first-order valence-corrected chi connectivity index (χ1v) is 9.72. The smallest absolute Gasteiger partial charge is 0.131 e. The second-order valence-electron chi connectivity index (χ2n) is 6.35. The summed E-state index contributed by atoms with van der Waals surface area (Å²) < 4.78 is 5.99. The average Bonchev–Trinajstić information content (AvgIpc) is 2.65. The Bertz CT molecular complexity index is 591. The minimum atomic E-state index is 0.602. The molecule has 0 saturated heterocycles. The van der Waals surface area contributed by atoms with Crippen LogP contribution in [0.2, 0.25) is 0 Å². The standard InChI is InChI=1S/C22H35N3O/c1-4-6-10-20(16-23)17-25-18-21-11-8-9-12-22(21)26-19(3)13-15-24-14-7-5-2/h8-13,15,25H,4-7,14,16-18,23H2,1-3H3/b19-13+,20-10-,24-15?. The van der Waals surface area contributed by atoms with Crippen molar-refractivity contribution in [1.29, 1.82) is 0 Å². The fourth-order valence-electron chi connectivity index (χ4n) is 2.37. The van der Waals surface area contributed by atoms with Crippen molar-refractivity contribution in [3.63, 3.8) is 0 Å². The SMILES string of the molecule is CCC/C=C(/CN)CNCc1ccccc1O/C(C)=C/C=NCCCC. The molecule has 4 nitrogen and oxygen atoms in total. The van der Waals surface area contributed by atoms with E-state index in [4.69, 9.17) is 10.5 Å². The van der Waals surface area contributed by atoms with Gasteiger partial charge in [0.1, 0.15) is 11.5 Å². The number of para-hydroxylation sites is 1. The van der Waals surface area contributed by atoms with Crippen molar-refractivity contribution in [3.8, 4) is 5.75 Å². The molecule has 0 atom stereocenters. The lowest BCUT2D eigenvalue weighted by atomic mass is 10.1. The van der Waals surface area contributed by atoms with Gasteiger partial charge in [-0.2, -0.15) is 0 Å². The summed E-state index contributed by atoms with van der Waals surface area (Å²) in [4.78, 5) is 4.36. The van der Waals surface area contributed by atoms with Gasteiger partial charge in [-0.1, -0.05) is 51.0 Å². The van der Waals surface area contributed by atoms with E-state index in [1.807, 2.05) is 37.4 Å². The van der Waals surface area contributed by atoms with E-state index in [0.29, 0.717) is 6.54 Å². The van der Waals surface area contributed by atoms with Crippen LogP contribution in [0.15, 0.2) is 52.7 Å². The number of unbranched alkanes of at least 4 members (excludes halogenated alkanes) is 2. The van der Waals surface area contributed by atoms with Crippen LogP contribution in [-0.4, -0.2) is 25.8 Å². The molecule has 0 saturated carbocycles. The fraction of sp³-hybridized carbons (Fsp3) is 0.500. The molecule has 1 aromatic rings. The molecule has 0 unspecified atom stereocenters. The molecule has 1 rings (SSSR count). The van der Waals surface area contributed by atoms with Crippen LogP contribution in [0.5, 0.6) is 5.75 Å². The van der Waals surface area contributed by atoms with Crippen molar-refractivity contribution in [2.75, 3.05) is 19.6 Å². The predicted octanol–water partition coefficient (Wildman–Crippen LogP) is 4.61. The molecule has 0 aliphatic carbocycles. The Morgan fingerprint density at radius 2 is 2.04 bits per heavy atom. The van der Waals surface area contributed by atoms with Gasteiger partial charge in [0.2, 0.25) is 0 Å². The predicted molar refractivity (Wildman–Crippen MR) is 113 cm³/mol. The summed E-state index contributed by atoms with van der Waals surface area (Å²) >= 11 is 0. The van der Waals surface area contributed by atoms with Crippen molar-refractivity contribution < 1.29 is 4.74 Å². The Kier molecular flexibility index (Phi) is 12.2. The van der Waals surface area contributed by atoms with Crippen LogP contribution in [0.4, 0.5) is 0 Å². The van der Waals surface area contributed by atoms with Crippen molar-refractivity contribution in [3.05, 3.63) is 53.3 Å². The molecule has 1 aromatic carbocycles. The molecule has 0 bridgehead atoms. The molecule has 0 amide bonds. The van der Waals surface area contributed by atoms with Gasteiger partial charge in [0.05, 0.1) is 0 Å². The monoisotopic (exact) mass is 357 g/mol. The Morgan fingerprint density at radius 3 is 2.77 bits per heavy atom. The molecule has 0 aliphatic rings. The lowest BCUT2D eigenvalue weighted by Gasteiger charge is -2.13. The topological polar surface area (TPSA) is 59.6 Å². The van der Waals surface area contributed by atoms with E-state index >= 15 is 0 Å². The summed E-state index contributed by atoms with van der Waals surface area (Å²) in [5.41, 5.74) is 8.20. The second kappa shape index (κ2) is 14.3. The molecule has 4 heteroatoms. The van der Waals surface area contributed by atoms with E-state index in [1.54, 1.807) is 0 Å². The van der Waals surface area contributed by atoms with Gasteiger partial charge in [0.15, 0.2) is 0 Å². The molecule has 144 valence electrons. The van der Waals surface area contributed by atoms with Crippen molar-refractivity contribution in [1.82, 2.24) is 5.32 Å². The van der Waals surface area contributed by atoms with Crippen LogP contribution in [-0.2, 0) is 6.54 Å². The maximum absolute atomic E-state index is 5.99. The lowest BCUT2D eigenvalue weighted by molar-refractivity contribution is 0.422. The van der Waals surface area contributed by atoms with Crippen LogP contribution in [0.3, 0.4) is 0 Å². The lowest BCUT2D eigenvalue weighted by Crippen LogP contribution is -2.21. The van der Waals surface area contributed by atoms with Crippen LogP contribution >= 0.6 is 0 Å². The normalized spacial score (nSPS) is 12.8. The minimum absolute atomic E-state index is 0.602. The number of allylic oxidation sites excluding steroid dienone is 3. The molecular weight excluding hydrogens is 322 g/mol. The van der Waals surface area contributed by atoms with Gasteiger partial charge in [-0.15, -0.1) is 0 Å². The van der Waals surface area contributed by atoms with E-state index in [-0.39, 0.29) is 0 Å². The number of nitrogens with zero attached hydrogens (tertiary/aromatic N) is 1. The van der Waals surface area contributed by atoms with Crippen molar-refractivity contribution >= 4 is 6.21 Å². The van der Waals surface area contributed by atoms with Gasteiger partial charge in [0, 0.05) is 38.0 Å². The maximum atomic E-state index is 5.99. The number of hydrogen-bond donors (Lipinski definition) is 2. The van der Waals surface area contributed by atoms with Gasteiger partial charge in [-0.25, -0.2) is 0 Å². The molecule has 0 aromatic heterocycles. The third-order valence-electron chi connectivity index (χ3n) is 3.95. The van der Waals surface area contributed by atoms with Crippen LogP contribution < -0.4 is 15.8 Å². The molecule has 0 aliphatic heterocycles. The van der Waals surface area contributed by atoms with E-state index < -0.39 is 0 Å². The molecule has 0 spiro atoms. The van der Waals surface area contributed by atoms with Gasteiger partial charge >= 0.3 is 0 Å². The Labute approximate surface area is 159 Å². The first-order valence-electron chi connectivity index (χ1n) is 9.72. The molecule has 26 heavy (non-hydrogen) atoms. The molecule has 3 N–H and O–H groups in total. The molecule has 0 radical (unpaired) electrons. The number of hydrogen-bond acceptors (Lipinski definition) is 4. The zero-order valence-corrected chi connectivity index (χ0v) is 16.6. The van der Waals surface area contributed by atoms with Gasteiger partial charge in [0.25, 0.3) is 0 Å². The summed E-state index contributed by atoms with van der Waals surface area (Å²) in [5.74, 6) is 1.71.